The molecule has 0 unspecified atom stereocenters. The van der Waals surface area contributed by atoms with Crippen molar-refractivity contribution in [2.24, 2.45) is 0 Å². The third kappa shape index (κ3) is 22.9. The van der Waals surface area contributed by atoms with Gasteiger partial charge in [-0.15, -0.1) is 88.6 Å². The second-order valence-corrected chi connectivity index (χ2v) is 36.8. The molecule has 12 nitrogen and oxygen atoms in total. The average molecular weight is 2240 g/mol. The molecule has 0 saturated heterocycles. The van der Waals surface area contributed by atoms with Crippen molar-refractivity contribution in [3.8, 4) is 65.1 Å². The van der Waals surface area contributed by atoms with Crippen LogP contribution >= 0.6 is 34.0 Å². The number of hydrogen-bond donors (Lipinski definition) is 3. The van der Waals surface area contributed by atoms with Gasteiger partial charge in [0, 0.05) is 109 Å². The summed E-state index contributed by atoms with van der Waals surface area (Å²) in [6.07, 6.45) is 3.50. The van der Waals surface area contributed by atoms with Crippen molar-refractivity contribution in [1.82, 2.24) is 15.0 Å². The maximum atomic E-state index is 10.0. The molecule has 9 aromatic carbocycles. The molecule has 0 aliphatic rings. The number of aromatic nitrogens is 3. The minimum Gasteiger partial charge on any atom is -0.512 e. The molecule has 0 bridgehead atoms. The monoisotopic (exact) mass is 2250 g/mol. The van der Waals surface area contributed by atoms with Gasteiger partial charge in [-0.1, -0.05) is 237 Å². The number of aliphatic hydroxyl groups excluding tert-OH is 3. The van der Waals surface area contributed by atoms with Crippen LogP contribution in [0, 0.1) is 18.2 Å². The van der Waals surface area contributed by atoms with Gasteiger partial charge in [0.05, 0.1) is 64.7 Å². The maximum absolute atomic E-state index is 10.0. The summed E-state index contributed by atoms with van der Waals surface area (Å²) < 4.78 is 22.2. The zero-order valence-electron chi connectivity index (χ0n) is 73.2. The van der Waals surface area contributed by atoms with Crippen LogP contribution in [0.2, 0.25) is 0 Å². The SMILES string of the molecule is CC(=O)C=C(C)O.CC(=O)C=C(C)O.CC(=O)C=C(C)O.CC(C)(C)c1cc(-c2cc3nc(-c4[c-]ccc5c4oc4ccccc45)ccc3s2)cc(C(C)(C)C)c1.CC(C)c1ccc(-c2cc3nc(-c4[c-]ccc5c4oc4ccccc45)ccc3s2)cc1.CC(C)c1cccc(C(C)C)c1-c1cc2nc(-c3[c-]ccc4c3oc3ccccc34)ccc2s1.[Ir].[Ir].[Ir]. The Bertz CT molecular complexity index is 6900. The molecule has 0 spiro atoms. The number of para-hydroxylation sites is 3. The van der Waals surface area contributed by atoms with E-state index in [9.17, 15) is 14.4 Å². The Morgan fingerprint density at radius 2 is 0.680 bits per heavy atom. The molecule has 645 valence electrons. The fourth-order valence-corrected chi connectivity index (χ4v) is 17.7. The van der Waals surface area contributed by atoms with Gasteiger partial charge in [0.25, 0.3) is 0 Å². The Hall–Kier alpha value is -10.7. The average Bonchev–Trinajstić information content (AvgIpc) is 1.65. The second-order valence-electron chi connectivity index (χ2n) is 33.5. The predicted octanol–water partition coefficient (Wildman–Crippen LogP) is 31.1. The summed E-state index contributed by atoms with van der Waals surface area (Å²) in [7, 11) is 0. The van der Waals surface area contributed by atoms with E-state index in [1.807, 2.05) is 84.1 Å². The van der Waals surface area contributed by atoms with Gasteiger partial charge in [-0.2, -0.15) is 0 Å². The van der Waals surface area contributed by atoms with Crippen LogP contribution in [0.5, 0.6) is 0 Å². The van der Waals surface area contributed by atoms with Crippen LogP contribution in [0.15, 0.2) is 273 Å². The molecule has 18 aromatic rings. The first-order valence-electron chi connectivity index (χ1n) is 40.9. The summed E-state index contributed by atoms with van der Waals surface area (Å²) in [5, 5.41) is 31.8. The molecule has 0 aliphatic carbocycles. The quantitative estimate of drug-likeness (QED) is 0.0597. The number of carbonyl (C=O) groups is 3. The van der Waals surface area contributed by atoms with E-state index < -0.39 is 0 Å². The summed E-state index contributed by atoms with van der Waals surface area (Å²) >= 11 is 5.41. The number of hydrogen-bond acceptors (Lipinski definition) is 15. The fourth-order valence-electron chi connectivity index (χ4n) is 14.6. The van der Waals surface area contributed by atoms with Gasteiger partial charge in [0.2, 0.25) is 0 Å². The summed E-state index contributed by atoms with van der Waals surface area (Å²) in [5.41, 5.74) is 24.6. The van der Waals surface area contributed by atoms with Crippen LogP contribution < -0.4 is 0 Å². The number of nitrogens with zero attached hydrogens (tertiary/aromatic N) is 3. The number of thiophene rings is 3. The molecule has 3 N–H and O–H groups in total. The zero-order valence-corrected chi connectivity index (χ0v) is 82.8. The van der Waals surface area contributed by atoms with E-state index >= 15 is 0 Å². The molecular weight excluding hydrogens is 2140 g/mol. The summed E-state index contributed by atoms with van der Waals surface area (Å²) in [5.74, 6) is 1.27. The number of rotatable bonds is 12. The second kappa shape index (κ2) is 41.6. The Morgan fingerprint density at radius 3 is 0.984 bits per heavy atom. The van der Waals surface area contributed by atoms with Crippen molar-refractivity contribution in [2.75, 3.05) is 0 Å². The van der Waals surface area contributed by atoms with Crippen LogP contribution in [0.1, 0.15) is 170 Å². The Balaban J connectivity index is 0.000000174. The van der Waals surface area contributed by atoms with Crippen molar-refractivity contribution in [3.05, 3.63) is 306 Å². The maximum Gasteiger partial charge on any atom is 0.155 e. The van der Waals surface area contributed by atoms with E-state index in [4.69, 9.17) is 43.5 Å². The molecule has 0 saturated carbocycles. The number of benzene rings is 9. The molecule has 0 atom stereocenters. The number of fused-ring (bicyclic) bond motifs is 12. The number of aliphatic hydroxyl groups is 3. The van der Waals surface area contributed by atoms with Gasteiger partial charge in [-0.05, 0) is 198 Å². The summed E-state index contributed by atoms with van der Waals surface area (Å²) in [6.45, 7) is 35.8. The van der Waals surface area contributed by atoms with Gasteiger partial charge in [-0.25, -0.2) is 0 Å². The van der Waals surface area contributed by atoms with Crippen LogP contribution in [0.25, 0.3) is 162 Å². The fraction of sp³-hybridized carbons (Fsp3) is 0.215. The zero-order chi connectivity index (χ0) is 87.2. The van der Waals surface area contributed by atoms with E-state index in [1.165, 1.54) is 133 Å². The molecule has 18 rings (SSSR count). The molecule has 125 heavy (non-hydrogen) atoms. The standard InChI is InChI=1S/C33H30NOS.C31H26NOS.C28H20NOS.3C5H8O2.3Ir/c1-32(2,3)21-16-20(17-22(18-21)33(4,5)6)30-19-27-29(36-30)15-14-26(34-27)25-12-9-11-24-23-10-7-8-13-28(23)35-31(24)25;1-18(2)20-10-7-11-21(19(3)4)30(20)29-17-26-28(34-29)16-15-25(32-26)24-13-8-12-23-22-9-5-6-14-27(22)33-31(23)24;1-17(2)18-10-12-19(13-11-18)27-16-24-26(31-27)15-14-23(29-24)22-8-5-7-21-20-6-3-4-9-25(20)30-28(21)22;3*1-4(6)3-5(2)7;;;/h7-11,13-19H,1-6H3;5-12,14-19H,1-4H3;3-7,9-17H,1-2H3;3*3,6H,1-2H3;;;/q3*-1;;;;;;. The van der Waals surface area contributed by atoms with Crippen LogP contribution in [-0.2, 0) is 85.5 Å². The van der Waals surface area contributed by atoms with Crippen molar-refractivity contribution < 1.29 is 103 Å². The molecule has 9 heterocycles. The minimum atomic E-state index is -0.125. The molecule has 9 aromatic heterocycles. The normalized spacial score (nSPS) is 11.8. The molecular formula is C107H100Ir3N3O9S3-3. The van der Waals surface area contributed by atoms with Gasteiger partial charge in [0.1, 0.15) is 16.7 Å². The molecule has 0 fully saturated rings. The number of furan rings is 3. The first kappa shape index (κ1) is 96.5. The van der Waals surface area contributed by atoms with Crippen molar-refractivity contribution in [2.45, 2.75) is 153 Å². The van der Waals surface area contributed by atoms with E-state index in [1.54, 1.807) is 22.7 Å². The Kier molecular flexibility index (Phi) is 32.1. The van der Waals surface area contributed by atoms with Crippen molar-refractivity contribution in [3.63, 3.8) is 0 Å². The van der Waals surface area contributed by atoms with E-state index in [-0.39, 0.29) is 106 Å². The molecule has 3 radical (unpaired) electrons. The van der Waals surface area contributed by atoms with Gasteiger partial charge < -0.3 is 28.6 Å². The first-order chi connectivity index (χ1) is 58.1. The topological polar surface area (TPSA) is 190 Å². The smallest absolute Gasteiger partial charge is 0.155 e. The molecule has 18 heteroatoms. The molecule has 0 amide bonds. The van der Waals surface area contributed by atoms with E-state index in [2.05, 4.69) is 253 Å². The number of allylic oxidation sites excluding steroid dienone is 6. The first-order valence-corrected chi connectivity index (χ1v) is 43.3. The summed E-state index contributed by atoms with van der Waals surface area (Å²) in [6, 6.07) is 88.8. The predicted molar refractivity (Wildman–Crippen MR) is 511 cm³/mol. The third-order valence-corrected chi connectivity index (χ3v) is 24.0. The van der Waals surface area contributed by atoms with E-state index in [0.29, 0.717) is 17.8 Å². The van der Waals surface area contributed by atoms with Crippen LogP contribution in [0.4, 0.5) is 0 Å². The minimum absolute atomic E-state index is 0. The number of pyridine rings is 3. The van der Waals surface area contributed by atoms with Crippen molar-refractivity contribution >= 4 is 148 Å². The molecule has 0 aliphatic heterocycles. The van der Waals surface area contributed by atoms with Gasteiger partial charge in [-0.3, -0.25) is 29.3 Å². The van der Waals surface area contributed by atoms with E-state index in [0.717, 1.165) is 116 Å². The number of ketones is 3. The van der Waals surface area contributed by atoms with Crippen molar-refractivity contribution in [1.29, 1.82) is 0 Å². The summed E-state index contributed by atoms with van der Waals surface area (Å²) in [4.78, 5) is 49.0. The third-order valence-electron chi connectivity index (χ3n) is 20.6. The Labute approximate surface area is 783 Å². The van der Waals surface area contributed by atoms with Gasteiger partial charge in [0.15, 0.2) is 17.3 Å². The number of carbonyl (C=O) groups excluding carboxylic acids is 3. The Morgan fingerprint density at radius 1 is 0.360 bits per heavy atom. The van der Waals surface area contributed by atoms with Gasteiger partial charge >= 0.3 is 0 Å². The largest absolute Gasteiger partial charge is 0.512 e. The van der Waals surface area contributed by atoms with Crippen LogP contribution in [-0.4, -0.2) is 47.6 Å². The van der Waals surface area contributed by atoms with Crippen LogP contribution in [0.3, 0.4) is 0 Å².